The third-order valence-electron chi connectivity index (χ3n) is 6.93. The number of imide groups is 1. The summed E-state index contributed by atoms with van der Waals surface area (Å²) in [6, 6.07) is 23.9. The van der Waals surface area contributed by atoms with Gasteiger partial charge in [-0.25, -0.2) is 4.90 Å². The number of hydrogen-bond acceptors (Lipinski definition) is 6. The number of thioether (sulfide) groups is 1. The minimum Gasteiger partial charge on any atom is -0.325 e. The van der Waals surface area contributed by atoms with Crippen LogP contribution >= 0.6 is 39.0 Å². The van der Waals surface area contributed by atoms with Crippen LogP contribution in [0.25, 0.3) is 0 Å². The Morgan fingerprint density at radius 2 is 1.62 bits per heavy atom. The molecule has 4 aromatic rings. The maximum absolute atomic E-state index is 13.9. The van der Waals surface area contributed by atoms with Crippen LogP contribution in [-0.4, -0.2) is 27.5 Å². The first-order chi connectivity index (χ1) is 18.8. The number of para-hydroxylation sites is 1. The Morgan fingerprint density at radius 3 is 2.31 bits per heavy atom. The maximum atomic E-state index is 13.9. The molecule has 3 unspecified atom stereocenters. The standard InChI is InChI=1S/C29H22BrN3O4S2/c1-16-7-13-20(14-8-16)33-26(35)23-22(17-9-11-18(30)12-10-17)25-28(38-24(23)27(33)36)32(29(37)39-25)15-21(34)31-19-5-3-2-4-6-19/h2-14,22-24H,15H2,1H3,(H,31,34). The van der Waals surface area contributed by atoms with Crippen molar-refractivity contribution in [1.82, 2.24) is 4.57 Å². The van der Waals surface area contributed by atoms with Crippen LogP contribution in [0.4, 0.5) is 11.4 Å². The summed E-state index contributed by atoms with van der Waals surface area (Å²) >= 11 is 5.71. The van der Waals surface area contributed by atoms with Gasteiger partial charge in [0.1, 0.15) is 11.8 Å². The zero-order valence-electron chi connectivity index (χ0n) is 20.7. The van der Waals surface area contributed by atoms with Crippen LogP contribution in [0.1, 0.15) is 21.9 Å². The molecule has 196 valence electrons. The number of thiazole rings is 1. The molecule has 0 radical (unpaired) electrons. The van der Waals surface area contributed by atoms with Crippen molar-refractivity contribution in [2.24, 2.45) is 5.92 Å². The van der Waals surface area contributed by atoms with E-state index in [1.54, 1.807) is 24.3 Å². The minimum atomic E-state index is -0.725. The second-order valence-electron chi connectivity index (χ2n) is 9.48. The number of halogens is 1. The summed E-state index contributed by atoms with van der Waals surface area (Å²) in [5, 5.41) is 2.66. The Balaban J connectivity index is 1.42. The van der Waals surface area contributed by atoms with Crippen molar-refractivity contribution in [3.05, 3.63) is 109 Å². The van der Waals surface area contributed by atoms with Crippen molar-refractivity contribution >= 4 is 68.1 Å². The lowest BCUT2D eigenvalue weighted by Gasteiger charge is -2.30. The maximum Gasteiger partial charge on any atom is 0.308 e. The van der Waals surface area contributed by atoms with E-state index in [2.05, 4.69) is 21.2 Å². The minimum absolute atomic E-state index is 0.194. The molecule has 3 amide bonds. The van der Waals surface area contributed by atoms with Crippen LogP contribution in [0.15, 0.2) is 93.2 Å². The number of nitrogens with zero attached hydrogens (tertiary/aromatic N) is 2. The fourth-order valence-electron chi connectivity index (χ4n) is 5.10. The third kappa shape index (κ3) is 4.66. The van der Waals surface area contributed by atoms with Gasteiger partial charge in [-0.15, -0.1) is 0 Å². The monoisotopic (exact) mass is 619 g/mol. The summed E-state index contributed by atoms with van der Waals surface area (Å²) in [6.45, 7) is 1.75. The van der Waals surface area contributed by atoms with Gasteiger partial charge >= 0.3 is 4.87 Å². The van der Waals surface area contributed by atoms with Crippen LogP contribution in [0.3, 0.4) is 0 Å². The van der Waals surface area contributed by atoms with Crippen molar-refractivity contribution in [2.45, 2.75) is 29.7 Å². The Labute approximate surface area is 241 Å². The molecule has 3 heterocycles. The molecule has 7 nitrogen and oxygen atoms in total. The van der Waals surface area contributed by atoms with E-state index in [4.69, 9.17) is 0 Å². The van der Waals surface area contributed by atoms with E-state index < -0.39 is 17.1 Å². The highest BCUT2D eigenvalue weighted by Crippen LogP contribution is 2.53. The SMILES string of the molecule is Cc1ccc(N2C(=O)C3Sc4c(sc(=O)n4CC(=O)Nc4ccccc4)C(c4ccc(Br)cc4)C3C2=O)cc1. The van der Waals surface area contributed by atoms with E-state index in [9.17, 15) is 19.2 Å². The van der Waals surface area contributed by atoms with E-state index in [0.717, 1.165) is 26.9 Å². The lowest BCUT2D eigenvalue weighted by atomic mass is 9.83. The molecular formula is C29H22BrN3O4S2. The number of hydrogen-bond donors (Lipinski definition) is 1. The molecule has 2 aliphatic heterocycles. The molecule has 3 atom stereocenters. The molecule has 0 spiro atoms. The lowest BCUT2D eigenvalue weighted by Crippen LogP contribution is -2.33. The van der Waals surface area contributed by atoms with Crippen LogP contribution in [0.2, 0.25) is 0 Å². The van der Waals surface area contributed by atoms with Crippen LogP contribution in [-0.2, 0) is 20.9 Å². The van der Waals surface area contributed by atoms with Gasteiger partial charge in [-0.3, -0.25) is 23.7 Å². The van der Waals surface area contributed by atoms with E-state index in [1.165, 1.54) is 21.2 Å². The normalized spacial score (nSPS) is 20.1. The topological polar surface area (TPSA) is 88.5 Å². The number of fused-ring (bicyclic) bond motifs is 2. The first-order valence-corrected chi connectivity index (χ1v) is 14.8. The largest absolute Gasteiger partial charge is 0.325 e. The van der Waals surface area contributed by atoms with Gasteiger partial charge < -0.3 is 5.32 Å². The summed E-state index contributed by atoms with van der Waals surface area (Å²) in [6.07, 6.45) is 0. The number of nitrogens with one attached hydrogen (secondary N) is 1. The number of aromatic nitrogens is 1. The molecule has 0 saturated carbocycles. The van der Waals surface area contributed by atoms with Gasteiger partial charge in [0.25, 0.3) is 0 Å². The summed E-state index contributed by atoms with van der Waals surface area (Å²) < 4.78 is 2.31. The number of carbonyl (C=O) groups is 3. The summed E-state index contributed by atoms with van der Waals surface area (Å²) in [4.78, 5) is 55.5. The molecule has 2 aliphatic rings. The van der Waals surface area contributed by atoms with Gasteiger partial charge in [-0.2, -0.15) is 0 Å². The van der Waals surface area contributed by atoms with Gasteiger partial charge in [-0.1, -0.05) is 87.1 Å². The summed E-state index contributed by atoms with van der Waals surface area (Å²) in [7, 11) is 0. The Morgan fingerprint density at radius 1 is 0.923 bits per heavy atom. The molecule has 1 aromatic heterocycles. The number of carbonyl (C=O) groups excluding carboxylic acids is 3. The Bertz CT molecular complexity index is 1650. The molecule has 1 fully saturated rings. The molecule has 1 N–H and O–H groups in total. The van der Waals surface area contributed by atoms with Crippen LogP contribution in [0.5, 0.6) is 0 Å². The number of anilines is 2. The Kier molecular flexibility index (Phi) is 6.78. The molecule has 0 aliphatic carbocycles. The average molecular weight is 621 g/mol. The van der Waals surface area contributed by atoms with E-state index >= 15 is 0 Å². The number of benzene rings is 3. The van der Waals surface area contributed by atoms with Crippen LogP contribution in [0, 0.1) is 12.8 Å². The summed E-state index contributed by atoms with van der Waals surface area (Å²) in [5.41, 5.74) is 3.02. The Hall–Kier alpha value is -3.47. The quantitative estimate of drug-likeness (QED) is 0.302. The first kappa shape index (κ1) is 25.8. The smallest absolute Gasteiger partial charge is 0.308 e. The van der Waals surface area contributed by atoms with Crippen molar-refractivity contribution in [1.29, 1.82) is 0 Å². The molecule has 1 saturated heterocycles. The van der Waals surface area contributed by atoms with Gasteiger partial charge in [0.2, 0.25) is 17.7 Å². The second kappa shape index (κ2) is 10.3. The third-order valence-corrected chi connectivity index (χ3v) is 10.1. The van der Waals surface area contributed by atoms with E-state index in [-0.39, 0.29) is 29.1 Å². The van der Waals surface area contributed by atoms with Gasteiger partial charge in [-0.05, 0) is 48.9 Å². The number of aryl methyl sites for hydroxylation is 1. The first-order valence-electron chi connectivity index (χ1n) is 12.3. The average Bonchev–Trinajstić information content (AvgIpc) is 3.36. The fourth-order valence-corrected chi connectivity index (χ4v) is 8.14. The highest BCUT2D eigenvalue weighted by molar-refractivity contribution is 9.10. The molecule has 10 heteroatoms. The molecule has 0 bridgehead atoms. The van der Waals surface area contributed by atoms with Gasteiger partial charge in [0.05, 0.1) is 16.6 Å². The zero-order valence-corrected chi connectivity index (χ0v) is 23.9. The van der Waals surface area contributed by atoms with Crippen molar-refractivity contribution in [3.8, 4) is 0 Å². The second-order valence-corrected chi connectivity index (χ2v) is 12.5. The predicted molar refractivity (Wildman–Crippen MR) is 156 cm³/mol. The van der Waals surface area contributed by atoms with Crippen molar-refractivity contribution in [2.75, 3.05) is 10.2 Å². The lowest BCUT2D eigenvalue weighted by molar-refractivity contribution is -0.122. The fraction of sp³-hybridized carbons (Fsp3) is 0.172. The number of amides is 3. The highest BCUT2D eigenvalue weighted by atomic mass is 79.9. The molecular weight excluding hydrogens is 598 g/mol. The van der Waals surface area contributed by atoms with Crippen LogP contribution < -0.4 is 15.1 Å². The van der Waals surface area contributed by atoms with E-state index in [0.29, 0.717) is 21.3 Å². The number of rotatable bonds is 5. The highest BCUT2D eigenvalue weighted by Gasteiger charge is 2.56. The molecule has 39 heavy (non-hydrogen) atoms. The van der Waals surface area contributed by atoms with E-state index in [1.807, 2.05) is 61.5 Å². The van der Waals surface area contributed by atoms with Gasteiger partial charge in [0.15, 0.2) is 0 Å². The van der Waals surface area contributed by atoms with Gasteiger partial charge in [0, 0.05) is 21.0 Å². The van der Waals surface area contributed by atoms with Crippen molar-refractivity contribution < 1.29 is 14.4 Å². The predicted octanol–water partition coefficient (Wildman–Crippen LogP) is 5.42. The molecule has 3 aromatic carbocycles. The zero-order chi connectivity index (χ0) is 27.3. The van der Waals surface area contributed by atoms with Crippen molar-refractivity contribution in [3.63, 3.8) is 0 Å². The molecule has 6 rings (SSSR count). The summed E-state index contributed by atoms with van der Waals surface area (Å²) in [5.74, 6) is -2.12.